The van der Waals surface area contributed by atoms with E-state index in [4.69, 9.17) is 4.74 Å². The lowest BCUT2D eigenvalue weighted by molar-refractivity contribution is -0.0221. The molecule has 1 unspecified atom stereocenters. The number of ether oxygens (including phenoxy) is 1. The van der Waals surface area contributed by atoms with Gasteiger partial charge in [0.1, 0.15) is 0 Å². The number of hydrogen-bond acceptors (Lipinski definition) is 2. The molecule has 0 saturated heterocycles. The molecule has 0 heterocycles. The van der Waals surface area contributed by atoms with Gasteiger partial charge in [-0.25, -0.2) is 0 Å². The molecule has 0 rings (SSSR count). The summed E-state index contributed by atoms with van der Waals surface area (Å²) in [5.41, 5.74) is -0.0162. The summed E-state index contributed by atoms with van der Waals surface area (Å²) in [4.78, 5) is 0. The van der Waals surface area contributed by atoms with E-state index in [1.165, 1.54) is 0 Å². The predicted octanol–water partition coefficient (Wildman–Crippen LogP) is 3.15. The molecule has 0 aromatic carbocycles. The molecule has 0 radical (unpaired) electrons. The molecule has 3 heteroatoms. The molecule has 13 heavy (non-hydrogen) atoms. The molecule has 0 aliphatic heterocycles. The van der Waals surface area contributed by atoms with Crippen LogP contribution >= 0.6 is 21.9 Å². The van der Waals surface area contributed by atoms with E-state index in [1.807, 2.05) is 0 Å². The quantitative estimate of drug-likeness (QED) is 0.536. The van der Waals surface area contributed by atoms with Crippen molar-refractivity contribution >= 4 is 21.9 Å². The Morgan fingerprint density at radius 2 is 1.69 bits per heavy atom. The maximum Gasteiger partial charge on any atom is 0.0634 e. The normalized spacial score (nSPS) is 13.4. The van der Waals surface area contributed by atoms with Gasteiger partial charge in [-0.3, -0.25) is 0 Å². The van der Waals surface area contributed by atoms with Crippen LogP contribution in [0.5, 0.6) is 0 Å². The molecule has 0 spiro atoms. The summed E-state index contributed by atoms with van der Waals surface area (Å²) in [6.45, 7) is 9.48. The smallest absolute Gasteiger partial charge is 0.0634 e. The minimum Gasteiger partial charge on any atom is -0.376 e. The Labute approximate surface area is 90.6 Å². The zero-order chi connectivity index (χ0) is 10.5. The highest BCUT2D eigenvalue weighted by Gasteiger charge is 2.18. The van der Waals surface area contributed by atoms with Crippen molar-refractivity contribution in [3.05, 3.63) is 0 Å². The van der Waals surface area contributed by atoms with Crippen LogP contribution < -0.4 is 0 Å². The van der Waals surface area contributed by atoms with E-state index in [0.717, 1.165) is 25.2 Å². The third kappa shape index (κ3) is 9.05. The van der Waals surface area contributed by atoms with E-state index in [2.05, 4.69) is 49.6 Å². The molecule has 0 aromatic rings. The second kappa shape index (κ2) is 5.58. The average molecular weight is 222 g/mol. The SMILES string of the molecule is CC(C)(P)CCOC(C)(C)CCS. The molecule has 0 saturated carbocycles. The Balaban J connectivity index is 3.63. The number of hydrogen-bond donors (Lipinski definition) is 1. The fraction of sp³-hybridized carbons (Fsp3) is 1.00. The average Bonchev–Trinajstić information content (AvgIpc) is 1.82. The van der Waals surface area contributed by atoms with Crippen molar-refractivity contribution in [2.45, 2.75) is 51.3 Å². The van der Waals surface area contributed by atoms with Crippen molar-refractivity contribution in [1.29, 1.82) is 0 Å². The van der Waals surface area contributed by atoms with Gasteiger partial charge in [0.25, 0.3) is 0 Å². The van der Waals surface area contributed by atoms with Gasteiger partial charge in [0.15, 0.2) is 0 Å². The molecule has 1 nitrogen and oxygen atoms in total. The van der Waals surface area contributed by atoms with Crippen molar-refractivity contribution in [3.63, 3.8) is 0 Å². The van der Waals surface area contributed by atoms with E-state index in [1.54, 1.807) is 0 Å². The summed E-state index contributed by atoms with van der Waals surface area (Å²) in [5, 5.41) is 0.289. The highest BCUT2D eigenvalue weighted by Crippen LogP contribution is 2.23. The van der Waals surface area contributed by atoms with Crippen molar-refractivity contribution in [2.24, 2.45) is 0 Å². The van der Waals surface area contributed by atoms with Gasteiger partial charge in [-0.15, -0.1) is 9.24 Å². The van der Waals surface area contributed by atoms with Crippen LogP contribution in [-0.2, 0) is 4.74 Å². The second-order valence-corrected chi connectivity index (χ2v) is 6.83. The molecule has 0 amide bonds. The summed E-state index contributed by atoms with van der Waals surface area (Å²) < 4.78 is 5.78. The summed E-state index contributed by atoms with van der Waals surface area (Å²) in [6.07, 6.45) is 2.08. The van der Waals surface area contributed by atoms with Crippen LogP contribution in [-0.4, -0.2) is 23.1 Å². The lowest BCUT2D eigenvalue weighted by atomic mass is 10.1. The Kier molecular flexibility index (Phi) is 5.90. The van der Waals surface area contributed by atoms with Gasteiger partial charge in [-0.1, -0.05) is 13.8 Å². The maximum atomic E-state index is 5.78. The molecule has 1 atom stereocenters. The largest absolute Gasteiger partial charge is 0.376 e. The van der Waals surface area contributed by atoms with E-state index >= 15 is 0 Å². The molecule has 0 N–H and O–H groups in total. The third-order valence-corrected chi connectivity index (χ3v) is 2.47. The second-order valence-electron chi connectivity index (χ2n) is 4.82. The first-order valence-electron chi connectivity index (χ1n) is 4.80. The number of rotatable bonds is 6. The Bertz CT molecular complexity index is 140. The van der Waals surface area contributed by atoms with Gasteiger partial charge in [-0.2, -0.15) is 12.6 Å². The molecule has 0 aromatic heterocycles. The molecule has 80 valence electrons. The molecule has 0 fully saturated rings. The fourth-order valence-electron chi connectivity index (χ4n) is 0.932. The first kappa shape index (κ1) is 13.7. The molecule has 0 aliphatic rings. The Morgan fingerprint density at radius 1 is 1.15 bits per heavy atom. The monoisotopic (exact) mass is 222 g/mol. The van der Waals surface area contributed by atoms with E-state index < -0.39 is 0 Å². The van der Waals surface area contributed by atoms with Crippen LogP contribution in [0.15, 0.2) is 0 Å². The molecule has 0 aliphatic carbocycles. The zero-order valence-corrected chi connectivity index (χ0v) is 11.3. The summed E-state index contributed by atoms with van der Waals surface area (Å²) >= 11 is 4.21. The van der Waals surface area contributed by atoms with E-state index in [-0.39, 0.29) is 10.8 Å². The topological polar surface area (TPSA) is 9.23 Å². The van der Waals surface area contributed by atoms with Gasteiger partial charge in [0.2, 0.25) is 0 Å². The highest BCUT2D eigenvalue weighted by molar-refractivity contribution is 7.80. The van der Waals surface area contributed by atoms with Crippen LogP contribution in [0.2, 0.25) is 0 Å². The van der Waals surface area contributed by atoms with Crippen LogP contribution in [0.4, 0.5) is 0 Å². The Morgan fingerprint density at radius 3 is 2.08 bits per heavy atom. The van der Waals surface area contributed by atoms with Crippen molar-refractivity contribution in [3.8, 4) is 0 Å². The standard InChI is InChI=1S/C10H23OPS/c1-9(2,6-8-13)11-7-5-10(3,4)12/h13H,5-8,12H2,1-4H3. The fourth-order valence-corrected chi connectivity index (χ4v) is 1.59. The lowest BCUT2D eigenvalue weighted by Crippen LogP contribution is -2.27. The summed E-state index contributed by atoms with van der Waals surface area (Å²) in [7, 11) is 2.84. The van der Waals surface area contributed by atoms with Crippen molar-refractivity contribution in [2.75, 3.05) is 12.4 Å². The lowest BCUT2D eigenvalue weighted by Gasteiger charge is -2.27. The van der Waals surface area contributed by atoms with E-state index in [9.17, 15) is 0 Å². The van der Waals surface area contributed by atoms with Crippen LogP contribution in [0.1, 0.15) is 40.5 Å². The highest BCUT2D eigenvalue weighted by atomic mass is 32.1. The van der Waals surface area contributed by atoms with Crippen molar-refractivity contribution < 1.29 is 4.74 Å². The maximum absolute atomic E-state index is 5.78. The zero-order valence-electron chi connectivity index (χ0n) is 9.26. The number of thiol groups is 1. The Hall–Kier alpha value is 0.740. The predicted molar refractivity (Wildman–Crippen MR) is 66.9 cm³/mol. The van der Waals surface area contributed by atoms with Crippen LogP contribution in [0.25, 0.3) is 0 Å². The first-order chi connectivity index (χ1) is 5.77. The van der Waals surface area contributed by atoms with Gasteiger partial charge >= 0.3 is 0 Å². The molecular weight excluding hydrogens is 199 g/mol. The first-order valence-corrected chi connectivity index (χ1v) is 6.01. The van der Waals surface area contributed by atoms with Crippen molar-refractivity contribution in [1.82, 2.24) is 0 Å². The van der Waals surface area contributed by atoms with Gasteiger partial charge in [0.05, 0.1) is 5.60 Å². The third-order valence-electron chi connectivity index (χ3n) is 1.95. The van der Waals surface area contributed by atoms with Crippen LogP contribution in [0.3, 0.4) is 0 Å². The minimum atomic E-state index is -0.0162. The van der Waals surface area contributed by atoms with Gasteiger partial charge in [-0.05, 0) is 37.6 Å². The molecule has 0 bridgehead atoms. The summed E-state index contributed by atoms with van der Waals surface area (Å²) in [6, 6.07) is 0. The van der Waals surface area contributed by atoms with Gasteiger partial charge < -0.3 is 4.74 Å². The summed E-state index contributed by atoms with van der Waals surface area (Å²) in [5.74, 6) is 0.886. The van der Waals surface area contributed by atoms with Crippen LogP contribution in [0, 0.1) is 0 Å². The minimum absolute atomic E-state index is 0.0162. The van der Waals surface area contributed by atoms with Gasteiger partial charge in [0, 0.05) is 6.61 Å². The van der Waals surface area contributed by atoms with E-state index in [0.29, 0.717) is 0 Å². The molecular formula is C10H23OPS.